The van der Waals surface area contributed by atoms with Gasteiger partial charge in [0.2, 0.25) is 0 Å². The fraction of sp³-hybridized carbons (Fsp3) is 0.286. The molecule has 2 aromatic rings. The Morgan fingerprint density at radius 3 is 2.40 bits per heavy atom. The van der Waals surface area contributed by atoms with Crippen molar-refractivity contribution in [1.29, 1.82) is 0 Å². The summed E-state index contributed by atoms with van der Waals surface area (Å²) in [6.45, 7) is 4.37. The molecule has 0 saturated heterocycles. The summed E-state index contributed by atoms with van der Waals surface area (Å²) < 4.78 is 5.81. The molecule has 25 heavy (non-hydrogen) atoms. The number of carbonyl (C=O) groups is 1. The summed E-state index contributed by atoms with van der Waals surface area (Å²) in [4.78, 5) is 12.6. The molecule has 3 rings (SSSR count). The molecular weight excluding hydrogens is 355 g/mol. The summed E-state index contributed by atoms with van der Waals surface area (Å²) in [7, 11) is 0. The number of rotatable bonds is 3. The zero-order chi connectivity index (χ0) is 18.0. The molecule has 0 aliphatic heterocycles. The Morgan fingerprint density at radius 1 is 1.04 bits per heavy atom. The Kier molecular flexibility index (Phi) is 5.21. The van der Waals surface area contributed by atoms with Gasteiger partial charge in [-0.2, -0.15) is 0 Å². The van der Waals surface area contributed by atoms with Crippen molar-refractivity contribution in [2.75, 3.05) is 0 Å². The van der Waals surface area contributed by atoms with E-state index in [0.29, 0.717) is 27.8 Å². The lowest BCUT2D eigenvalue weighted by Gasteiger charge is -2.32. The van der Waals surface area contributed by atoms with Crippen LogP contribution in [0.1, 0.15) is 49.0 Å². The van der Waals surface area contributed by atoms with Gasteiger partial charge >= 0.3 is 5.97 Å². The Bertz CT molecular complexity index is 820. The van der Waals surface area contributed by atoms with Gasteiger partial charge in [-0.25, -0.2) is 4.79 Å². The molecule has 1 aliphatic carbocycles. The molecule has 130 valence electrons. The average molecular weight is 375 g/mol. The second-order valence-corrected chi connectivity index (χ2v) is 7.96. The van der Waals surface area contributed by atoms with Crippen LogP contribution in [0.4, 0.5) is 0 Å². The molecule has 0 saturated carbocycles. The van der Waals surface area contributed by atoms with Gasteiger partial charge in [0.25, 0.3) is 0 Å². The van der Waals surface area contributed by atoms with Crippen LogP contribution in [0.3, 0.4) is 0 Å². The summed E-state index contributed by atoms with van der Waals surface area (Å²) in [5.74, 6) is 0.346. The Hall–Kier alpha value is -1.77. The van der Waals surface area contributed by atoms with Crippen molar-refractivity contribution in [3.63, 3.8) is 0 Å². The molecule has 1 aliphatic rings. The monoisotopic (exact) mass is 374 g/mol. The van der Waals surface area contributed by atoms with E-state index in [1.165, 1.54) is 0 Å². The van der Waals surface area contributed by atoms with Crippen molar-refractivity contribution in [3.8, 4) is 0 Å². The molecule has 0 fully saturated rings. The maximum atomic E-state index is 12.6. The molecule has 0 atom stereocenters. The van der Waals surface area contributed by atoms with Crippen LogP contribution in [-0.4, -0.2) is 5.97 Å². The van der Waals surface area contributed by atoms with E-state index in [1.807, 2.05) is 24.3 Å². The second-order valence-electron chi connectivity index (χ2n) is 7.12. The molecule has 0 amide bonds. The largest absolute Gasteiger partial charge is 0.427 e. The molecule has 2 nitrogen and oxygen atoms in total. The van der Waals surface area contributed by atoms with Gasteiger partial charge in [-0.15, -0.1) is 0 Å². The standard InChI is InChI=1S/C21H20Cl2O2/c1-21(2)12-11-17(16-5-3-4-6-18(16)23)19(13-21)25-20(24)14-7-9-15(22)10-8-14/h3-10H,11-13H2,1-2H3. The highest BCUT2D eigenvalue weighted by molar-refractivity contribution is 6.32. The highest BCUT2D eigenvalue weighted by Gasteiger charge is 2.31. The third kappa shape index (κ3) is 4.26. The second kappa shape index (κ2) is 7.23. The van der Waals surface area contributed by atoms with Crippen LogP contribution in [0.25, 0.3) is 5.57 Å². The van der Waals surface area contributed by atoms with Crippen molar-refractivity contribution < 1.29 is 9.53 Å². The highest BCUT2D eigenvalue weighted by atomic mass is 35.5. The van der Waals surface area contributed by atoms with Crippen LogP contribution >= 0.6 is 23.2 Å². The van der Waals surface area contributed by atoms with Gasteiger partial charge in [0.15, 0.2) is 0 Å². The summed E-state index contributed by atoms with van der Waals surface area (Å²) in [6, 6.07) is 14.4. The third-order valence-electron chi connectivity index (χ3n) is 4.52. The third-order valence-corrected chi connectivity index (χ3v) is 5.10. The normalized spacial score (nSPS) is 16.6. The van der Waals surface area contributed by atoms with Crippen LogP contribution < -0.4 is 0 Å². The van der Waals surface area contributed by atoms with Gasteiger partial charge in [-0.3, -0.25) is 0 Å². The molecule has 0 aromatic heterocycles. The lowest BCUT2D eigenvalue weighted by molar-refractivity contribution is 0.0587. The van der Waals surface area contributed by atoms with E-state index >= 15 is 0 Å². The summed E-state index contributed by atoms with van der Waals surface area (Å²) in [5.41, 5.74) is 2.53. The fourth-order valence-electron chi connectivity index (χ4n) is 3.08. The van der Waals surface area contributed by atoms with Crippen molar-refractivity contribution >= 4 is 34.7 Å². The van der Waals surface area contributed by atoms with Crippen molar-refractivity contribution in [2.45, 2.75) is 33.1 Å². The predicted octanol–water partition coefficient (Wildman–Crippen LogP) is 6.77. The van der Waals surface area contributed by atoms with Crippen LogP contribution in [0, 0.1) is 5.41 Å². The van der Waals surface area contributed by atoms with Gasteiger partial charge in [0.1, 0.15) is 5.76 Å². The first-order valence-electron chi connectivity index (χ1n) is 8.30. The van der Waals surface area contributed by atoms with Crippen molar-refractivity contribution in [3.05, 3.63) is 75.5 Å². The zero-order valence-electron chi connectivity index (χ0n) is 14.3. The smallest absolute Gasteiger partial charge is 0.343 e. The van der Waals surface area contributed by atoms with Crippen molar-refractivity contribution in [2.24, 2.45) is 5.41 Å². The Balaban J connectivity index is 1.96. The Labute approximate surface area is 158 Å². The first-order valence-corrected chi connectivity index (χ1v) is 9.06. The minimum absolute atomic E-state index is 0.0837. The number of esters is 1. The van der Waals surface area contributed by atoms with Crippen LogP contribution in [-0.2, 0) is 4.74 Å². The molecule has 0 N–H and O–H groups in total. The molecule has 0 radical (unpaired) electrons. The van der Waals surface area contributed by atoms with Crippen LogP contribution in [0.15, 0.2) is 54.3 Å². The maximum Gasteiger partial charge on any atom is 0.343 e. The summed E-state index contributed by atoms with van der Waals surface area (Å²) >= 11 is 12.3. The first-order chi connectivity index (χ1) is 11.9. The van der Waals surface area contributed by atoms with Gasteiger partial charge in [0, 0.05) is 16.5 Å². The molecule has 0 heterocycles. The molecule has 0 unspecified atom stereocenters. The number of allylic oxidation sites excluding steroid dienone is 2. The van der Waals surface area contributed by atoms with E-state index < -0.39 is 0 Å². The maximum absolute atomic E-state index is 12.6. The van der Waals surface area contributed by atoms with Gasteiger partial charge in [0.05, 0.1) is 5.56 Å². The Morgan fingerprint density at radius 2 is 1.72 bits per heavy atom. The fourth-order valence-corrected chi connectivity index (χ4v) is 3.45. The number of hydrogen-bond donors (Lipinski definition) is 0. The van der Waals surface area contributed by atoms with Gasteiger partial charge in [-0.05, 0) is 59.7 Å². The summed E-state index contributed by atoms with van der Waals surface area (Å²) in [5, 5.41) is 1.27. The lowest BCUT2D eigenvalue weighted by Crippen LogP contribution is -2.21. The highest BCUT2D eigenvalue weighted by Crippen LogP contribution is 2.44. The van der Waals surface area contributed by atoms with E-state index in [0.717, 1.165) is 24.0 Å². The number of hydrogen-bond acceptors (Lipinski definition) is 2. The molecular formula is C21H20Cl2O2. The van der Waals surface area contributed by atoms with E-state index in [-0.39, 0.29) is 11.4 Å². The van der Waals surface area contributed by atoms with E-state index in [2.05, 4.69) is 13.8 Å². The number of ether oxygens (including phenoxy) is 1. The van der Waals surface area contributed by atoms with Gasteiger partial charge < -0.3 is 4.74 Å². The van der Waals surface area contributed by atoms with Gasteiger partial charge in [-0.1, -0.05) is 55.2 Å². The minimum atomic E-state index is -0.367. The van der Waals surface area contributed by atoms with Crippen molar-refractivity contribution in [1.82, 2.24) is 0 Å². The van der Waals surface area contributed by atoms with E-state index in [1.54, 1.807) is 24.3 Å². The predicted molar refractivity (Wildman–Crippen MR) is 103 cm³/mol. The SMILES string of the molecule is CC1(C)CCC(c2ccccc2Cl)=C(OC(=O)c2ccc(Cl)cc2)C1. The van der Waals surface area contributed by atoms with Crippen LogP contribution in [0.5, 0.6) is 0 Å². The topological polar surface area (TPSA) is 26.3 Å². The number of carbonyl (C=O) groups excluding carboxylic acids is 1. The zero-order valence-corrected chi connectivity index (χ0v) is 15.8. The minimum Gasteiger partial charge on any atom is -0.427 e. The van der Waals surface area contributed by atoms with E-state index in [9.17, 15) is 4.79 Å². The quantitative estimate of drug-likeness (QED) is 0.553. The lowest BCUT2D eigenvalue weighted by atomic mass is 9.76. The average Bonchev–Trinajstić information content (AvgIpc) is 2.56. The molecule has 4 heteroatoms. The molecule has 2 aromatic carbocycles. The number of halogens is 2. The summed E-state index contributed by atoms with van der Waals surface area (Å²) in [6.07, 6.45) is 2.56. The number of benzene rings is 2. The van der Waals surface area contributed by atoms with Crippen LogP contribution in [0.2, 0.25) is 10.0 Å². The van der Waals surface area contributed by atoms with E-state index in [4.69, 9.17) is 27.9 Å². The molecule has 0 bridgehead atoms. The molecule has 0 spiro atoms. The first kappa shape index (κ1) is 18.0.